The number of benzene rings is 1. The summed E-state index contributed by atoms with van der Waals surface area (Å²) < 4.78 is 0. The van der Waals surface area contributed by atoms with Gasteiger partial charge in [-0.3, -0.25) is 0 Å². The van der Waals surface area contributed by atoms with E-state index in [4.69, 9.17) is 0 Å². The molecule has 0 aliphatic heterocycles. The molecule has 0 fully saturated rings. The minimum atomic E-state index is 0.373. The molecule has 0 aliphatic carbocycles. The molecule has 84 valence electrons. The standard InChI is InChI=1S/C13H17N3/c1-8(2)10-6-5-7-11-12(10)13(9(3)4)15-16-14-11/h5-9H,1-4H3. The van der Waals surface area contributed by atoms with Crippen molar-refractivity contribution in [3.63, 3.8) is 0 Å². The highest BCUT2D eigenvalue weighted by atomic mass is 15.3. The SMILES string of the molecule is CC(C)c1cccc2nnnc(C(C)C)c12. The van der Waals surface area contributed by atoms with E-state index in [1.54, 1.807) is 0 Å². The number of aromatic nitrogens is 3. The summed E-state index contributed by atoms with van der Waals surface area (Å²) in [5.74, 6) is 0.852. The van der Waals surface area contributed by atoms with Crippen LogP contribution in [0, 0.1) is 0 Å². The number of hydrogen-bond donors (Lipinski definition) is 0. The first-order valence-corrected chi connectivity index (χ1v) is 5.73. The molecule has 0 saturated carbocycles. The summed E-state index contributed by atoms with van der Waals surface area (Å²) in [6.45, 7) is 8.67. The topological polar surface area (TPSA) is 38.7 Å². The third-order valence-electron chi connectivity index (χ3n) is 2.80. The Labute approximate surface area is 95.9 Å². The first-order chi connectivity index (χ1) is 7.61. The van der Waals surface area contributed by atoms with Gasteiger partial charge in [-0.1, -0.05) is 39.8 Å². The molecule has 16 heavy (non-hydrogen) atoms. The maximum absolute atomic E-state index is 4.19. The minimum absolute atomic E-state index is 0.373. The van der Waals surface area contributed by atoms with Crippen LogP contribution in [-0.2, 0) is 0 Å². The Morgan fingerprint density at radius 3 is 2.31 bits per heavy atom. The highest BCUT2D eigenvalue weighted by Gasteiger charge is 2.13. The molecule has 0 unspecified atom stereocenters. The first kappa shape index (κ1) is 11.0. The maximum Gasteiger partial charge on any atom is 0.0969 e. The average Bonchev–Trinajstić information content (AvgIpc) is 2.27. The molecular formula is C13H17N3. The molecule has 0 aliphatic rings. The van der Waals surface area contributed by atoms with Gasteiger partial charge < -0.3 is 0 Å². The van der Waals surface area contributed by atoms with E-state index in [0.717, 1.165) is 11.2 Å². The summed E-state index contributed by atoms with van der Waals surface area (Å²) in [7, 11) is 0. The quantitative estimate of drug-likeness (QED) is 0.771. The number of rotatable bonds is 2. The van der Waals surface area contributed by atoms with Gasteiger partial charge in [-0.15, -0.1) is 10.2 Å². The van der Waals surface area contributed by atoms with Crippen LogP contribution >= 0.6 is 0 Å². The van der Waals surface area contributed by atoms with Crippen molar-refractivity contribution in [2.45, 2.75) is 39.5 Å². The van der Waals surface area contributed by atoms with Crippen LogP contribution in [0.5, 0.6) is 0 Å². The summed E-state index contributed by atoms with van der Waals surface area (Å²) in [4.78, 5) is 0. The van der Waals surface area contributed by atoms with Gasteiger partial charge >= 0.3 is 0 Å². The normalized spacial score (nSPS) is 11.6. The largest absolute Gasteiger partial charge is 0.134 e. The third kappa shape index (κ3) is 1.77. The van der Waals surface area contributed by atoms with Gasteiger partial charge in [-0.05, 0) is 28.7 Å². The molecule has 0 amide bonds. The van der Waals surface area contributed by atoms with Crippen LogP contribution in [-0.4, -0.2) is 15.4 Å². The van der Waals surface area contributed by atoms with Crippen molar-refractivity contribution in [1.29, 1.82) is 0 Å². The van der Waals surface area contributed by atoms with Crippen LogP contribution in [0.1, 0.15) is 50.8 Å². The molecule has 1 heterocycles. The van der Waals surface area contributed by atoms with Crippen LogP contribution < -0.4 is 0 Å². The molecule has 0 N–H and O–H groups in total. The van der Waals surface area contributed by atoms with Crippen molar-refractivity contribution in [3.8, 4) is 0 Å². The van der Waals surface area contributed by atoms with Crippen LogP contribution in [0.25, 0.3) is 10.9 Å². The van der Waals surface area contributed by atoms with Gasteiger partial charge in [0.25, 0.3) is 0 Å². The molecule has 0 spiro atoms. The minimum Gasteiger partial charge on any atom is -0.134 e. The van der Waals surface area contributed by atoms with E-state index in [-0.39, 0.29) is 0 Å². The summed E-state index contributed by atoms with van der Waals surface area (Å²) in [6.07, 6.45) is 0. The van der Waals surface area contributed by atoms with Gasteiger partial charge in [0, 0.05) is 5.39 Å². The van der Waals surface area contributed by atoms with Crippen LogP contribution in [0.2, 0.25) is 0 Å². The highest BCUT2D eigenvalue weighted by Crippen LogP contribution is 2.28. The summed E-state index contributed by atoms with van der Waals surface area (Å²) in [6, 6.07) is 6.19. The first-order valence-electron chi connectivity index (χ1n) is 5.73. The van der Waals surface area contributed by atoms with E-state index in [1.807, 2.05) is 12.1 Å². The van der Waals surface area contributed by atoms with Crippen molar-refractivity contribution >= 4 is 10.9 Å². The van der Waals surface area contributed by atoms with Crippen LogP contribution in [0.4, 0.5) is 0 Å². The summed E-state index contributed by atoms with van der Waals surface area (Å²) in [5, 5.41) is 13.3. The lowest BCUT2D eigenvalue weighted by atomic mass is 9.94. The smallest absolute Gasteiger partial charge is 0.0969 e. The highest BCUT2D eigenvalue weighted by molar-refractivity contribution is 5.84. The molecule has 2 aromatic rings. The predicted octanol–water partition coefficient (Wildman–Crippen LogP) is 3.27. The van der Waals surface area contributed by atoms with Crippen molar-refractivity contribution in [1.82, 2.24) is 15.4 Å². The van der Waals surface area contributed by atoms with E-state index in [2.05, 4.69) is 49.2 Å². The zero-order valence-electron chi connectivity index (χ0n) is 10.2. The Morgan fingerprint density at radius 2 is 1.69 bits per heavy atom. The van der Waals surface area contributed by atoms with E-state index in [1.165, 1.54) is 10.9 Å². The molecule has 0 radical (unpaired) electrons. The van der Waals surface area contributed by atoms with E-state index >= 15 is 0 Å². The Bertz CT molecular complexity index is 461. The van der Waals surface area contributed by atoms with E-state index in [0.29, 0.717) is 11.8 Å². The lowest BCUT2D eigenvalue weighted by Crippen LogP contribution is -2.02. The molecule has 3 heteroatoms. The molecular weight excluding hydrogens is 198 g/mol. The fourth-order valence-corrected chi connectivity index (χ4v) is 1.97. The van der Waals surface area contributed by atoms with Crippen molar-refractivity contribution in [3.05, 3.63) is 29.5 Å². The van der Waals surface area contributed by atoms with Crippen LogP contribution in [0.15, 0.2) is 18.2 Å². The molecule has 1 aromatic heterocycles. The second-order valence-electron chi connectivity index (χ2n) is 4.73. The van der Waals surface area contributed by atoms with Crippen molar-refractivity contribution in [2.24, 2.45) is 0 Å². The van der Waals surface area contributed by atoms with Crippen molar-refractivity contribution in [2.75, 3.05) is 0 Å². The Kier molecular flexibility index (Phi) is 2.86. The Morgan fingerprint density at radius 1 is 0.938 bits per heavy atom. The average molecular weight is 215 g/mol. The van der Waals surface area contributed by atoms with Gasteiger partial charge in [0.2, 0.25) is 0 Å². The fourth-order valence-electron chi connectivity index (χ4n) is 1.97. The van der Waals surface area contributed by atoms with Crippen LogP contribution in [0.3, 0.4) is 0 Å². The van der Waals surface area contributed by atoms with E-state index in [9.17, 15) is 0 Å². The molecule has 3 nitrogen and oxygen atoms in total. The Hall–Kier alpha value is -1.51. The molecule has 0 atom stereocenters. The maximum atomic E-state index is 4.19. The fraction of sp³-hybridized carbons (Fsp3) is 0.462. The van der Waals surface area contributed by atoms with Crippen molar-refractivity contribution < 1.29 is 0 Å². The zero-order valence-corrected chi connectivity index (χ0v) is 10.2. The van der Waals surface area contributed by atoms with Gasteiger partial charge in [0.15, 0.2) is 0 Å². The molecule has 1 aromatic carbocycles. The Balaban J connectivity index is 2.82. The number of hydrogen-bond acceptors (Lipinski definition) is 3. The van der Waals surface area contributed by atoms with E-state index < -0.39 is 0 Å². The lowest BCUT2D eigenvalue weighted by Gasteiger charge is -2.13. The second kappa shape index (κ2) is 4.16. The molecule has 0 bridgehead atoms. The molecule has 0 saturated heterocycles. The summed E-state index contributed by atoms with van der Waals surface area (Å²) >= 11 is 0. The van der Waals surface area contributed by atoms with Gasteiger partial charge in [-0.2, -0.15) is 0 Å². The third-order valence-corrected chi connectivity index (χ3v) is 2.80. The molecule has 2 rings (SSSR count). The van der Waals surface area contributed by atoms with Gasteiger partial charge in [0.05, 0.1) is 11.2 Å². The zero-order chi connectivity index (χ0) is 11.7. The predicted molar refractivity (Wildman–Crippen MR) is 65.5 cm³/mol. The summed E-state index contributed by atoms with van der Waals surface area (Å²) in [5.41, 5.74) is 3.31. The van der Waals surface area contributed by atoms with Gasteiger partial charge in [-0.25, -0.2) is 0 Å². The lowest BCUT2D eigenvalue weighted by molar-refractivity contribution is 0.757. The monoisotopic (exact) mass is 215 g/mol. The number of nitrogens with zero attached hydrogens (tertiary/aromatic N) is 3. The second-order valence-corrected chi connectivity index (χ2v) is 4.73. The number of fused-ring (bicyclic) bond motifs is 1. The van der Waals surface area contributed by atoms with Gasteiger partial charge in [0.1, 0.15) is 0 Å².